The fraction of sp³-hybridized carbons (Fsp3) is 0.837. The summed E-state index contributed by atoms with van der Waals surface area (Å²) in [5, 5.41) is 30.9. The highest BCUT2D eigenvalue weighted by Crippen LogP contribution is 2.24. The third kappa shape index (κ3) is 33.4. The second-order valence-corrected chi connectivity index (χ2v) is 18.6. The first kappa shape index (κ1) is 57.9. The minimum Gasteiger partial charge on any atom is -0.462 e. The lowest BCUT2D eigenvalue weighted by molar-refractivity contribution is -0.297. The van der Waals surface area contributed by atoms with Gasteiger partial charge in [-0.1, -0.05) is 159 Å². The molecule has 6 atom stereocenters. The van der Waals surface area contributed by atoms with Gasteiger partial charge in [-0.25, -0.2) is 0 Å². The van der Waals surface area contributed by atoms with Crippen LogP contribution in [0.3, 0.4) is 0 Å². The standard InChI is InChI=1S/C49H88O12S/c1-3-5-7-9-11-13-15-17-19-20-21-22-24-25-27-29-31-33-35-37-44(50)58-39-42(40-59-49-48(54)47(53)46(52)43(61-49)41-62(55,56)57)60-45(51)38-36-34-32-30-28-26-23-18-16-14-12-10-8-6-4-2/h11,13,17-19,23,42-43,46-49,52-54H,3-10,12,14-16,20-22,24-41H2,1-2H3,(H,55,56,57)/b13-11+,19-17+,23-18+/t42-,43-,46-,47?,48?,49+/m1/s1. The van der Waals surface area contributed by atoms with E-state index in [4.69, 9.17) is 18.9 Å². The van der Waals surface area contributed by atoms with E-state index in [2.05, 4.69) is 50.3 Å². The van der Waals surface area contributed by atoms with Gasteiger partial charge in [0.2, 0.25) is 0 Å². The Morgan fingerprint density at radius 1 is 0.548 bits per heavy atom. The molecule has 4 N–H and O–H groups in total. The van der Waals surface area contributed by atoms with Crippen molar-refractivity contribution < 1.29 is 56.8 Å². The second-order valence-electron chi connectivity index (χ2n) is 17.1. The molecule has 0 aromatic rings. The molecule has 13 heteroatoms. The van der Waals surface area contributed by atoms with Gasteiger partial charge in [0.25, 0.3) is 10.1 Å². The van der Waals surface area contributed by atoms with Gasteiger partial charge in [-0.2, -0.15) is 8.42 Å². The molecule has 0 radical (unpaired) electrons. The van der Waals surface area contributed by atoms with E-state index >= 15 is 0 Å². The van der Waals surface area contributed by atoms with E-state index in [0.29, 0.717) is 12.8 Å². The van der Waals surface area contributed by atoms with Crippen molar-refractivity contribution >= 4 is 22.1 Å². The van der Waals surface area contributed by atoms with Gasteiger partial charge in [-0.05, 0) is 70.6 Å². The number of unbranched alkanes of at least 4 members (excludes halogenated alkanes) is 23. The highest BCUT2D eigenvalue weighted by molar-refractivity contribution is 7.85. The van der Waals surface area contributed by atoms with Crippen LogP contribution in [-0.2, 0) is 38.7 Å². The normalized spacial score (nSPS) is 20.1. The van der Waals surface area contributed by atoms with Crippen LogP contribution in [0, 0.1) is 0 Å². The van der Waals surface area contributed by atoms with Crippen molar-refractivity contribution in [3.8, 4) is 0 Å². The van der Waals surface area contributed by atoms with Gasteiger partial charge in [-0.15, -0.1) is 0 Å². The van der Waals surface area contributed by atoms with Crippen LogP contribution in [0.1, 0.15) is 206 Å². The Kier molecular flexibility index (Phi) is 36.6. The Morgan fingerprint density at radius 2 is 0.968 bits per heavy atom. The fourth-order valence-electron chi connectivity index (χ4n) is 7.35. The minimum atomic E-state index is -4.60. The van der Waals surface area contributed by atoms with Crippen LogP contribution in [0.4, 0.5) is 0 Å². The van der Waals surface area contributed by atoms with Gasteiger partial charge < -0.3 is 34.3 Å². The van der Waals surface area contributed by atoms with E-state index in [1.54, 1.807) is 0 Å². The van der Waals surface area contributed by atoms with Crippen LogP contribution in [0.5, 0.6) is 0 Å². The van der Waals surface area contributed by atoms with Crippen LogP contribution in [-0.4, -0.2) is 96.0 Å². The number of carbonyl (C=O) groups is 2. The van der Waals surface area contributed by atoms with Crippen LogP contribution >= 0.6 is 0 Å². The molecule has 0 aromatic heterocycles. The Bertz CT molecular complexity index is 1290. The number of aliphatic hydroxyl groups excluding tert-OH is 3. The molecule has 2 unspecified atom stereocenters. The van der Waals surface area contributed by atoms with E-state index in [1.165, 1.54) is 96.3 Å². The molecule has 62 heavy (non-hydrogen) atoms. The summed E-state index contributed by atoms with van der Waals surface area (Å²) >= 11 is 0. The summed E-state index contributed by atoms with van der Waals surface area (Å²) in [5.41, 5.74) is 0. The maximum Gasteiger partial charge on any atom is 0.306 e. The summed E-state index contributed by atoms with van der Waals surface area (Å²) in [6.45, 7) is 3.73. The summed E-state index contributed by atoms with van der Waals surface area (Å²) in [7, 11) is -4.60. The fourth-order valence-corrected chi connectivity index (χ4v) is 8.04. The first-order chi connectivity index (χ1) is 30.0. The maximum atomic E-state index is 12.8. The lowest BCUT2D eigenvalue weighted by atomic mass is 10.00. The van der Waals surface area contributed by atoms with E-state index in [9.17, 15) is 37.9 Å². The van der Waals surface area contributed by atoms with Crippen molar-refractivity contribution in [3.05, 3.63) is 36.5 Å². The maximum absolute atomic E-state index is 12.8. The first-order valence-electron chi connectivity index (χ1n) is 24.5. The number of ether oxygens (including phenoxy) is 4. The second kappa shape index (κ2) is 39.3. The molecule has 1 aliphatic heterocycles. The van der Waals surface area contributed by atoms with Gasteiger partial charge in [0.15, 0.2) is 12.4 Å². The van der Waals surface area contributed by atoms with Crippen LogP contribution in [0.25, 0.3) is 0 Å². The Hall–Kier alpha value is -2.13. The molecule has 1 fully saturated rings. The van der Waals surface area contributed by atoms with E-state index in [1.807, 2.05) is 0 Å². The molecule has 0 bridgehead atoms. The number of hydrogen-bond donors (Lipinski definition) is 4. The molecule has 362 valence electrons. The monoisotopic (exact) mass is 901 g/mol. The smallest absolute Gasteiger partial charge is 0.306 e. The zero-order valence-corrected chi connectivity index (χ0v) is 39.5. The zero-order chi connectivity index (χ0) is 45.5. The van der Waals surface area contributed by atoms with Gasteiger partial charge >= 0.3 is 11.9 Å². The average molecular weight is 901 g/mol. The third-order valence-electron chi connectivity index (χ3n) is 11.2. The van der Waals surface area contributed by atoms with Crippen LogP contribution in [0.15, 0.2) is 36.5 Å². The molecule has 0 spiro atoms. The lowest BCUT2D eigenvalue weighted by Gasteiger charge is -2.40. The lowest BCUT2D eigenvalue weighted by Crippen LogP contribution is -2.60. The Labute approximate surface area is 376 Å². The quantitative estimate of drug-likeness (QED) is 0.0197. The average Bonchev–Trinajstić information content (AvgIpc) is 3.24. The van der Waals surface area contributed by atoms with Crippen molar-refractivity contribution in [2.45, 2.75) is 243 Å². The van der Waals surface area contributed by atoms with E-state index in [-0.39, 0.29) is 19.4 Å². The van der Waals surface area contributed by atoms with Gasteiger partial charge in [0.1, 0.15) is 36.8 Å². The minimum absolute atomic E-state index is 0.154. The van der Waals surface area contributed by atoms with Gasteiger partial charge in [0, 0.05) is 12.8 Å². The van der Waals surface area contributed by atoms with Crippen molar-refractivity contribution in [3.63, 3.8) is 0 Å². The Morgan fingerprint density at radius 3 is 1.47 bits per heavy atom. The molecule has 0 aromatic carbocycles. The zero-order valence-electron chi connectivity index (χ0n) is 38.7. The number of aliphatic hydroxyl groups is 3. The van der Waals surface area contributed by atoms with E-state index < -0.39 is 71.2 Å². The molecule has 0 amide bonds. The summed E-state index contributed by atoms with van der Waals surface area (Å²) in [5.74, 6) is -1.99. The summed E-state index contributed by atoms with van der Waals surface area (Å²) in [4.78, 5) is 25.5. The molecule has 1 aliphatic rings. The van der Waals surface area contributed by atoms with Crippen LogP contribution < -0.4 is 0 Å². The third-order valence-corrected chi connectivity index (χ3v) is 11.9. The molecule has 1 rings (SSSR count). The van der Waals surface area contributed by atoms with Gasteiger partial charge in [-0.3, -0.25) is 14.1 Å². The number of esters is 2. The highest BCUT2D eigenvalue weighted by Gasteiger charge is 2.46. The van der Waals surface area contributed by atoms with Gasteiger partial charge in [0.05, 0.1) is 6.61 Å². The predicted octanol–water partition coefficient (Wildman–Crippen LogP) is 10.6. The molecule has 0 saturated carbocycles. The first-order valence-corrected chi connectivity index (χ1v) is 26.2. The molecular formula is C49H88O12S. The van der Waals surface area contributed by atoms with Crippen molar-refractivity contribution in [2.24, 2.45) is 0 Å². The number of hydrogen-bond acceptors (Lipinski definition) is 11. The number of allylic oxidation sites excluding steroid dienone is 6. The molecule has 1 saturated heterocycles. The largest absolute Gasteiger partial charge is 0.462 e. The Balaban J connectivity index is 2.40. The molecular weight excluding hydrogens is 813 g/mol. The molecule has 0 aliphatic carbocycles. The number of carbonyl (C=O) groups excluding carboxylic acids is 2. The summed E-state index contributed by atoms with van der Waals surface area (Å²) in [6, 6.07) is 0. The van der Waals surface area contributed by atoms with Crippen molar-refractivity contribution in [1.82, 2.24) is 0 Å². The van der Waals surface area contributed by atoms with Crippen LogP contribution in [0.2, 0.25) is 0 Å². The molecule has 1 heterocycles. The van der Waals surface area contributed by atoms with Crippen molar-refractivity contribution in [1.29, 1.82) is 0 Å². The SMILES string of the molecule is CCCCC/C=C/C/C=C/CCCCCCCCCCCC(=O)OC[C@H](CO[C@H]1O[C@H](CS(=O)(=O)O)[C@@H](O)C(O)C1O)OC(=O)CCCCCCC/C=C/CCCCCCCC. The summed E-state index contributed by atoms with van der Waals surface area (Å²) < 4.78 is 54.1. The highest BCUT2D eigenvalue weighted by atomic mass is 32.2. The van der Waals surface area contributed by atoms with Crippen molar-refractivity contribution in [2.75, 3.05) is 19.0 Å². The molecule has 12 nitrogen and oxygen atoms in total. The topological polar surface area (TPSA) is 186 Å². The number of rotatable bonds is 41. The summed E-state index contributed by atoms with van der Waals surface area (Å²) in [6.07, 6.45) is 36.1. The van der Waals surface area contributed by atoms with E-state index in [0.717, 1.165) is 70.6 Å². The predicted molar refractivity (Wildman–Crippen MR) is 247 cm³/mol.